The van der Waals surface area contributed by atoms with Gasteiger partial charge in [0, 0.05) is 12.1 Å². The van der Waals surface area contributed by atoms with Crippen LogP contribution in [-0.4, -0.2) is 22.1 Å². The van der Waals surface area contributed by atoms with E-state index in [-0.39, 0.29) is 16.6 Å². The third-order valence-electron chi connectivity index (χ3n) is 2.57. The van der Waals surface area contributed by atoms with E-state index in [2.05, 4.69) is 10.6 Å². The Morgan fingerprint density at radius 3 is 2.65 bits per heavy atom. The quantitative estimate of drug-likeness (QED) is 0.728. The zero-order valence-corrected chi connectivity index (χ0v) is 12.3. The first kappa shape index (κ1) is 16.1. The van der Waals surface area contributed by atoms with Gasteiger partial charge < -0.3 is 15.7 Å². The standard InChI is InChI=1S/C14H18N2O3S/c1-9(2)6-7-12(17)16-14(20)15-11-5-3-4-10(8-11)13(18)19/h3-5,8-9H,6-7H2,1-2H3,(H,18,19)(H2,15,16,17,20). The molecule has 0 aliphatic heterocycles. The second-order valence-electron chi connectivity index (χ2n) is 4.82. The van der Waals surface area contributed by atoms with Gasteiger partial charge in [0.2, 0.25) is 5.91 Å². The predicted molar refractivity (Wildman–Crippen MR) is 81.8 cm³/mol. The molecule has 0 bridgehead atoms. The van der Waals surface area contributed by atoms with Crippen LogP contribution in [0.3, 0.4) is 0 Å². The summed E-state index contributed by atoms with van der Waals surface area (Å²) in [6.07, 6.45) is 1.21. The maximum absolute atomic E-state index is 11.6. The van der Waals surface area contributed by atoms with Gasteiger partial charge in [0.15, 0.2) is 5.11 Å². The molecule has 0 aliphatic carbocycles. The predicted octanol–water partition coefficient (Wildman–Crippen LogP) is 2.63. The number of benzene rings is 1. The van der Waals surface area contributed by atoms with Crippen LogP contribution in [0, 0.1) is 5.92 Å². The van der Waals surface area contributed by atoms with Gasteiger partial charge in [0.1, 0.15) is 0 Å². The highest BCUT2D eigenvalue weighted by molar-refractivity contribution is 7.80. The number of hydrogen-bond acceptors (Lipinski definition) is 3. The first-order valence-electron chi connectivity index (χ1n) is 6.32. The molecule has 0 saturated carbocycles. The Kier molecular flexibility index (Phi) is 6.11. The lowest BCUT2D eigenvalue weighted by atomic mass is 10.1. The third-order valence-corrected chi connectivity index (χ3v) is 2.77. The van der Waals surface area contributed by atoms with Crippen molar-refractivity contribution in [1.29, 1.82) is 0 Å². The van der Waals surface area contributed by atoms with Gasteiger partial charge in [-0.2, -0.15) is 0 Å². The summed E-state index contributed by atoms with van der Waals surface area (Å²) in [5, 5.41) is 14.4. The van der Waals surface area contributed by atoms with Gasteiger partial charge in [0.25, 0.3) is 0 Å². The zero-order chi connectivity index (χ0) is 15.1. The molecule has 0 heterocycles. The Labute approximate surface area is 123 Å². The van der Waals surface area contributed by atoms with Crippen LogP contribution in [0.2, 0.25) is 0 Å². The molecule has 0 fully saturated rings. The summed E-state index contributed by atoms with van der Waals surface area (Å²) in [5.41, 5.74) is 0.683. The molecule has 5 nitrogen and oxygen atoms in total. The second-order valence-corrected chi connectivity index (χ2v) is 5.23. The smallest absolute Gasteiger partial charge is 0.335 e. The molecule has 0 radical (unpaired) electrons. The van der Waals surface area contributed by atoms with Crippen LogP contribution < -0.4 is 10.6 Å². The molecule has 0 saturated heterocycles. The molecule has 1 aromatic rings. The van der Waals surface area contributed by atoms with Crippen LogP contribution in [0.5, 0.6) is 0 Å². The fraction of sp³-hybridized carbons (Fsp3) is 0.357. The number of aromatic carboxylic acids is 1. The van der Waals surface area contributed by atoms with Crippen molar-refractivity contribution in [3.05, 3.63) is 29.8 Å². The molecule has 0 unspecified atom stereocenters. The van der Waals surface area contributed by atoms with E-state index in [9.17, 15) is 9.59 Å². The number of amides is 1. The van der Waals surface area contributed by atoms with E-state index in [1.807, 2.05) is 13.8 Å². The van der Waals surface area contributed by atoms with Crippen LogP contribution >= 0.6 is 12.2 Å². The fourth-order valence-corrected chi connectivity index (χ4v) is 1.73. The first-order valence-corrected chi connectivity index (χ1v) is 6.73. The summed E-state index contributed by atoms with van der Waals surface area (Å²) in [6, 6.07) is 6.22. The average Bonchev–Trinajstić information content (AvgIpc) is 2.36. The summed E-state index contributed by atoms with van der Waals surface area (Å²) in [7, 11) is 0. The van der Waals surface area contributed by atoms with Crippen molar-refractivity contribution in [1.82, 2.24) is 5.32 Å². The Hall–Kier alpha value is -1.95. The van der Waals surface area contributed by atoms with Gasteiger partial charge in [-0.05, 0) is 42.8 Å². The maximum atomic E-state index is 11.6. The first-order chi connectivity index (χ1) is 9.38. The number of carbonyl (C=O) groups is 2. The van der Waals surface area contributed by atoms with Crippen LogP contribution in [-0.2, 0) is 4.79 Å². The van der Waals surface area contributed by atoms with Crippen LogP contribution in [0.15, 0.2) is 24.3 Å². The molecular weight excluding hydrogens is 276 g/mol. The minimum absolute atomic E-state index is 0.148. The summed E-state index contributed by atoms with van der Waals surface area (Å²) in [5.74, 6) is -0.708. The maximum Gasteiger partial charge on any atom is 0.335 e. The topological polar surface area (TPSA) is 78.4 Å². The second kappa shape index (κ2) is 7.59. The monoisotopic (exact) mass is 294 g/mol. The molecule has 0 aromatic heterocycles. The highest BCUT2D eigenvalue weighted by atomic mass is 32.1. The summed E-state index contributed by atoms with van der Waals surface area (Å²) >= 11 is 5.01. The molecular formula is C14H18N2O3S. The molecule has 0 atom stereocenters. The van der Waals surface area contributed by atoms with Crippen LogP contribution in [0.4, 0.5) is 5.69 Å². The zero-order valence-electron chi connectivity index (χ0n) is 11.5. The number of carboxylic acids is 1. The Morgan fingerprint density at radius 1 is 1.35 bits per heavy atom. The van der Waals surface area contributed by atoms with E-state index < -0.39 is 5.97 Å². The number of carbonyl (C=O) groups excluding carboxylic acids is 1. The highest BCUT2D eigenvalue weighted by Gasteiger charge is 2.07. The largest absolute Gasteiger partial charge is 0.478 e. The Balaban J connectivity index is 2.52. The van der Waals surface area contributed by atoms with Gasteiger partial charge in [-0.3, -0.25) is 4.79 Å². The molecule has 0 aliphatic rings. The number of hydrogen-bond donors (Lipinski definition) is 3. The molecule has 0 spiro atoms. The number of rotatable bonds is 5. The van der Waals surface area contributed by atoms with E-state index in [4.69, 9.17) is 17.3 Å². The lowest BCUT2D eigenvalue weighted by Gasteiger charge is -2.10. The van der Waals surface area contributed by atoms with Crippen LogP contribution in [0.25, 0.3) is 0 Å². The van der Waals surface area contributed by atoms with Gasteiger partial charge in [-0.15, -0.1) is 0 Å². The van der Waals surface area contributed by atoms with E-state index in [0.717, 1.165) is 6.42 Å². The molecule has 1 amide bonds. The van der Waals surface area contributed by atoms with Crippen molar-refractivity contribution >= 4 is 34.9 Å². The SMILES string of the molecule is CC(C)CCC(=O)NC(=S)Nc1cccc(C(=O)O)c1. The third kappa shape index (κ3) is 5.79. The van der Waals surface area contributed by atoms with Crippen molar-refractivity contribution in [2.75, 3.05) is 5.32 Å². The molecule has 3 N–H and O–H groups in total. The van der Waals surface area contributed by atoms with Gasteiger partial charge in [0.05, 0.1) is 5.56 Å². The minimum atomic E-state index is -1.01. The Bertz CT molecular complexity index is 515. The lowest BCUT2D eigenvalue weighted by Crippen LogP contribution is -2.34. The molecule has 108 valence electrons. The van der Waals surface area contributed by atoms with Crippen molar-refractivity contribution in [3.8, 4) is 0 Å². The molecule has 20 heavy (non-hydrogen) atoms. The van der Waals surface area contributed by atoms with E-state index in [1.54, 1.807) is 12.1 Å². The number of nitrogens with one attached hydrogen (secondary N) is 2. The van der Waals surface area contributed by atoms with E-state index in [1.165, 1.54) is 12.1 Å². The van der Waals surface area contributed by atoms with Gasteiger partial charge in [-0.25, -0.2) is 4.79 Å². The van der Waals surface area contributed by atoms with Crippen molar-refractivity contribution in [2.45, 2.75) is 26.7 Å². The molecule has 1 aromatic carbocycles. The highest BCUT2D eigenvalue weighted by Crippen LogP contribution is 2.10. The number of thiocarbonyl (C=S) groups is 1. The molecule has 1 rings (SSSR count). The van der Waals surface area contributed by atoms with Crippen LogP contribution in [0.1, 0.15) is 37.0 Å². The average molecular weight is 294 g/mol. The fourth-order valence-electron chi connectivity index (χ4n) is 1.50. The molecule has 6 heteroatoms. The van der Waals surface area contributed by atoms with Gasteiger partial charge >= 0.3 is 5.97 Å². The Morgan fingerprint density at radius 2 is 2.05 bits per heavy atom. The normalized spacial score (nSPS) is 10.2. The summed E-state index contributed by atoms with van der Waals surface area (Å²) in [6.45, 7) is 4.09. The number of anilines is 1. The van der Waals surface area contributed by atoms with E-state index in [0.29, 0.717) is 18.0 Å². The number of carboxylic acid groups (broad SMARTS) is 1. The lowest BCUT2D eigenvalue weighted by molar-refractivity contribution is -0.119. The summed E-state index contributed by atoms with van der Waals surface area (Å²) < 4.78 is 0. The van der Waals surface area contributed by atoms with Crippen molar-refractivity contribution in [3.63, 3.8) is 0 Å². The van der Waals surface area contributed by atoms with Crippen molar-refractivity contribution in [2.24, 2.45) is 5.92 Å². The minimum Gasteiger partial charge on any atom is -0.478 e. The van der Waals surface area contributed by atoms with E-state index >= 15 is 0 Å². The van der Waals surface area contributed by atoms with Gasteiger partial charge in [-0.1, -0.05) is 19.9 Å². The van der Waals surface area contributed by atoms with Crippen molar-refractivity contribution < 1.29 is 14.7 Å². The summed E-state index contributed by atoms with van der Waals surface area (Å²) in [4.78, 5) is 22.4.